The molecule has 4 heteroatoms. The summed E-state index contributed by atoms with van der Waals surface area (Å²) in [5, 5.41) is 3.64. The lowest BCUT2D eigenvalue weighted by molar-refractivity contribution is 0.562. The lowest BCUT2D eigenvalue weighted by Gasteiger charge is -2.12. The number of nitrogens with zero attached hydrogens (tertiary/aromatic N) is 1. The molecule has 0 aliphatic carbocycles. The fourth-order valence-corrected chi connectivity index (χ4v) is 3.49. The number of aromatic amines is 1. The van der Waals surface area contributed by atoms with E-state index in [9.17, 15) is 0 Å². The van der Waals surface area contributed by atoms with Crippen molar-refractivity contribution in [3.63, 3.8) is 0 Å². The summed E-state index contributed by atoms with van der Waals surface area (Å²) in [6, 6.07) is 9.21. The van der Waals surface area contributed by atoms with Crippen LogP contribution in [0.3, 0.4) is 0 Å². The Hall–Kier alpha value is -1.26. The number of benzene rings is 1. The van der Waals surface area contributed by atoms with Gasteiger partial charge in [0.2, 0.25) is 0 Å². The highest BCUT2D eigenvalue weighted by molar-refractivity contribution is 7.99. The molecule has 0 saturated carbocycles. The lowest BCUT2D eigenvalue weighted by Crippen LogP contribution is -2.22. The van der Waals surface area contributed by atoms with Gasteiger partial charge in [0.1, 0.15) is 5.82 Å². The average molecular weight is 259 g/mol. The largest absolute Gasteiger partial charge is 0.349 e. The van der Waals surface area contributed by atoms with Crippen molar-refractivity contribution in [2.24, 2.45) is 0 Å². The Morgan fingerprint density at radius 1 is 1.39 bits per heavy atom. The second kappa shape index (κ2) is 5.59. The number of fused-ring (bicyclic) bond motifs is 1. The van der Waals surface area contributed by atoms with Crippen LogP contribution in [0.15, 0.2) is 41.6 Å². The zero-order valence-corrected chi connectivity index (χ0v) is 11.0. The molecule has 2 heterocycles. The third-order valence-corrected chi connectivity index (χ3v) is 4.42. The van der Waals surface area contributed by atoms with Crippen LogP contribution < -0.4 is 5.32 Å². The van der Waals surface area contributed by atoms with Crippen LogP contribution in [0, 0.1) is 0 Å². The van der Waals surface area contributed by atoms with Gasteiger partial charge in [-0.2, -0.15) is 0 Å². The maximum absolute atomic E-state index is 4.23. The topological polar surface area (TPSA) is 40.7 Å². The molecule has 0 saturated heterocycles. The highest BCUT2D eigenvalue weighted by Gasteiger charge is 2.21. The highest BCUT2D eigenvalue weighted by atomic mass is 32.2. The maximum Gasteiger partial charge on any atom is 0.106 e. The number of thioether (sulfide) groups is 1. The lowest BCUT2D eigenvalue weighted by atomic mass is 10.1. The third kappa shape index (κ3) is 2.60. The number of imidazole rings is 1. The summed E-state index contributed by atoms with van der Waals surface area (Å²) in [5.41, 5.74) is 1.46. The van der Waals surface area contributed by atoms with Crippen molar-refractivity contribution in [3.8, 4) is 0 Å². The van der Waals surface area contributed by atoms with Gasteiger partial charge in [-0.15, -0.1) is 11.8 Å². The summed E-state index contributed by atoms with van der Waals surface area (Å²) in [6.07, 6.45) is 5.83. The van der Waals surface area contributed by atoms with Crippen molar-refractivity contribution in [1.82, 2.24) is 15.3 Å². The van der Waals surface area contributed by atoms with Crippen molar-refractivity contribution in [1.29, 1.82) is 0 Å². The summed E-state index contributed by atoms with van der Waals surface area (Å²) in [4.78, 5) is 8.80. The highest BCUT2D eigenvalue weighted by Crippen LogP contribution is 2.37. The van der Waals surface area contributed by atoms with E-state index in [1.165, 1.54) is 10.5 Å². The molecule has 0 spiro atoms. The number of nitrogens with one attached hydrogen (secondary N) is 2. The van der Waals surface area contributed by atoms with Crippen LogP contribution in [0.25, 0.3) is 0 Å². The molecule has 2 N–H and O–H groups in total. The van der Waals surface area contributed by atoms with Gasteiger partial charge in [0.15, 0.2) is 0 Å². The van der Waals surface area contributed by atoms with Crippen LogP contribution in [-0.2, 0) is 6.42 Å². The van der Waals surface area contributed by atoms with E-state index in [-0.39, 0.29) is 0 Å². The van der Waals surface area contributed by atoms with Crippen LogP contribution in [-0.4, -0.2) is 22.3 Å². The van der Waals surface area contributed by atoms with Gasteiger partial charge in [0, 0.05) is 35.5 Å². The van der Waals surface area contributed by atoms with Gasteiger partial charge in [-0.3, -0.25) is 0 Å². The summed E-state index contributed by atoms with van der Waals surface area (Å²) in [7, 11) is 0. The van der Waals surface area contributed by atoms with Crippen molar-refractivity contribution < 1.29 is 0 Å². The molecular weight excluding hydrogens is 242 g/mol. The van der Waals surface area contributed by atoms with E-state index in [0.29, 0.717) is 6.04 Å². The minimum atomic E-state index is 0.516. The van der Waals surface area contributed by atoms with Gasteiger partial charge in [0.25, 0.3) is 0 Å². The number of H-pyrrole nitrogens is 1. The Kier molecular flexibility index (Phi) is 3.67. The second-order valence-corrected chi connectivity index (χ2v) is 5.56. The molecule has 18 heavy (non-hydrogen) atoms. The first kappa shape index (κ1) is 11.8. The van der Waals surface area contributed by atoms with Crippen LogP contribution in [0.5, 0.6) is 0 Å². The number of aromatic nitrogens is 2. The second-order valence-electron chi connectivity index (χ2n) is 4.49. The van der Waals surface area contributed by atoms with Gasteiger partial charge in [-0.1, -0.05) is 18.2 Å². The Morgan fingerprint density at radius 3 is 3.22 bits per heavy atom. The number of rotatable bonds is 5. The van der Waals surface area contributed by atoms with Crippen molar-refractivity contribution in [3.05, 3.63) is 48.0 Å². The standard InChI is InChI=1S/C14H17N3S/c1-2-5-13-11(4-1)12(10-18-13)15-7-3-6-14-16-8-9-17-14/h1-2,4-5,8-9,12,15H,3,6-7,10H2,(H,16,17). The van der Waals surface area contributed by atoms with E-state index in [1.54, 1.807) is 0 Å². The summed E-state index contributed by atoms with van der Waals surface area (Å²) < 4.78 is 0. The molecular formula is C14H17N3S. The summed E-state index contributed by atoms with van der Waals surface area (Å²) in [5.74, 6) is 2.23. The first-order valence-corrected chi connectivity index (χ1v) is 7.35. The Labute approximate surface area is 111 Å². The molecule has 0 fully saturated rings. The van der Waals surface area contributed by atoms with Gasteiger partial charge >= 0.3 is 0 Å². The fraction of sp³-hybridized carbons (Fsp3) is 0.357. The molecule has 0 bridgehead atoms. The molecule has 1 aliphatic heterocycles. The molecule has 1 aliphatic rings. The smallest absolute Gasteiger partial charge is 0.106 e. The maximum atomic E-state index is 4.23. The molecule has 3 nitrogen and oxygen atoms in total. The van der Waals surface area contributed by atoms with E-state index in [0.717, 1.165) is 31.0 Å². The number of aryl methyl sites for hydroxylation is 1. The van der Waals surface area contributed by atoms with Crippen molar-refractivity contribution in [2.45, 2.75) is 23.8 Å². The SMILES string of the molecule is c1ccc2c(c1)SCC2NCCCc1ncc[nH]1. The third-order valence-electron chi connectivity index (χ3n) is 3.24. The molecule has 1 unspecified atom stereocenters. The van der Waals surface area contributed by atoms with Gasteiger partial charge < -0.3 is 10.3 Å². The normalized spacial score (nSPS) is 17.9. The van der Waals surface area contributed by atoms with E-state index in [4.69, 9.17) is 0 Å². The minimum absolute atomic E-state index is 0.516. The molecule has 94 valence electrons. The first-order valence-electron chi connectivity index (χ1n) is 6.37. The summed E-state index contributed by atoms with van der Waals surface area (Å²) in [6.45, 7) is 1.04. The van der Waals surface area contributed by atoms with Crippen LogP contribution in [0.2, 0.25) is 0 Å². The molecule has 3 rings (SSSR count). The Morgan fingerprint density at radius 2 is 2.33 bits per heavy atom. The minimum Gasteiger partial charge on any atom is -0.349 e. The molecule has 1 atom stereocenters. The Bertz CT molecular complexity index is 496. The number of hydrogen-bond donors (Lipinski definition) is 2. The zero-order chi connectivity index (χ0) is 12.2. The predicted octanol–water partition coefficient (Wildman–Crippen LogP) is 2.78. The molecule has 1 aromatic carbocycles. The van der Waals surface area contributed by atoms with Crippen molar-refractivity contribution >= 4 is 11.8 Å². The average Bonchev–Trinajstić information content (AvgIpc) is 3.04. The van der Waals surface area contributed by atoms with E-state index in [2.05, 4.69) is 39.6 Å². The van der Waals surface area contributed by atoms with E-state index >= 15 is 0 Å². The molecule has 0 amide bonds. The zero-order valence-electron chi connectivity index (χ0n) is 10.2. The van der Waals surface area contributed by atoms with Gasteiger partial charge in [-0.25, -0.2) is 4.98 Å². The molecule has 0 radical (unpaired) electrons. The van der Waals surface area contributed by atoms with E-state index < -0.39 is 0 Å². The van der Waals surface area contributed by atoms with Gasteiger partial charge in [0.05, 0.1) is 0 Å². The van der Waals surface area contributed by atoms with Crippen LogP contribution in [0.4, 0.5) is 0 Å². The van der Waals surface area contributed by atoms with Gasteiger partial charge in [-0.05, 0) is 24.6 Å². The van der Waals surface area contributed by atoms with Crippen LogP contribution >= 0.6 is 11.8 Å². The first-order chi connectivity index (χ1) is 8.93. The quantitative estimate of drug-likeness (QED) is 0.811. The molecule has 1 aromatic heterocycles. The van der Waals surface area contributed by atoms with E-state index in [1.807, 2.05) is 24.2 Å². The van der Waals surface area contributed by atoms with Crippen molar-refractivity contribution in [2.75, 3.05) is 12.3 Å². The monoisotopic (exact) mass is 259 g/mol. The molecule has 2 aromatic rings. The predicted molar refractivity (Wildman–Crippen MR) is 74.8 cm³/mol. The number of hydrogen-bond acceptors (Lipinski definition) is 3. The Balaban J connectivity index is 1.47. The summed E-state index contributed by atoms with van der Waals surface area (Å²) >= 11 is 1.95. The van der Waals surface area contributed by atoms with Crippen LogP contribution in [0.1, 0.15) is 23.9 Å². The fourth-order valence-electron chi connectivity index (χ4n) is 2.30.